The van der Waals surface area contributed by atoms with Crippen molar-refractivity contribution in [2.75, 3.05) is 0 Å². The van der Waals surface area contributed by atoms with Gasteiger partial charge in [-0.2, -0.15) is 0 Å². The lowest BCUT2D eigenvalue weighted by Crippen LogP contribution is -2.07. The Morgan fingerprint density at radius 1 is 0.900 bits per heavy atom. The summed E-state index contributed by atoms with van der Waals surface area (Å²) in [5, 5.41) is 11.7. The van der Waals surface area contributed by atoms with Crippen LogP contribution in [0.3, 0.4) is 0 Å². The Hall–Kier alpha value is -2.55. The molecule has 3 rings (SSSR count). The average molecular weight is 265 g/mol. The molecule has 0 aliphatic heterocycles. The number of hydrogen-bond donors (Lipinski definition) is 1. The summed E-state index contributed by atoms with van der Waals surface area (Å²) in [5.41, 5.74) is 3.16. The first-order valence-electron chi connectivity index (χ1n) is 6.50. The molecule has 0 fully saturated rings. The van der Waals surface area contributed by atoms with E-state index < -0.39 is 5.97 Å². The second-order valence-corrected chi connectivity index (χ2v) is 4.87. The summed E-state index contributed by atoms with van der Waals surface area (Å²) < 4.78 is 2.02. The SMILES string of the molecule is Cc1c2ccccc2c(C)n1-c1ccccc1C(=O)O. The Morgan fingerprint density at radius 2 is 1.40 bits per heavy atom. The molecule has 0 aliphatic rings. The minimum atomic E-state index is -0.905. The van der Waals surface area contributed by atoms with E-state index in [0.717, 1.165) is 22.2 Å². The minimum absolute atomic E-state index is 0.319. The van der Waals surface area contributed by atoms with Crippen LogP contribution >= 0.6 is 0 Å². The van der Waals surface area contributed by atoms with Gasteiger partial charge in [-0.3, -0.25) is 0 Å². The van der Waals surface area contributed by atoms with Crippen molar-refractivity contribution in [2.24, 2.45) is 0 Å². The molecule has 0 atom stereocenters. The molecule has 0 saturated carbocycles. The maximum absolute atomic E-state index is 11.4. The number of carboxylic acids is 1. The molecule has 0 unspecified atom stereocenters. The van der Waals surface area contributed by atoms with Crippen molar-refractivity contribution in [3.05, 3.63) is 65.5 Å². The molecule has 2 aromatic carbocycles. The fourth-order valence-electron chi connectivity index (χ4n) is 2.82. The van der Waals surface area contributed by atoms with Crippen LogP contribution in [0.4, 0.5) is 0 Å². The molecule has 1 N–H and O–H groups in total. The third-order valence-corrected chi connectivity index (χ3v) is 3.75. The molecule has 3 nitrogen and oxygen atoms in total. The number of aryl methyl sites for hydroxylation is 2. The molecular formula is C17H15NO2. The molecule has 3 aromatic rings. The largest absolute Gasteiger partial charge is 0.478 e. The van der Waals surface area contributed by atoms with Gasteiger partial charge in [0.25, 0.3) is 0 Å². The molecule has 0 saturated heterocycles. The van der Waals surface area contributed by atoms with Crippen LogP contribution in [0.15, 0.2) is 48.5 Å². The molecule has 20 heavy (non-hydrogen) atoms. The summed E-state index contributed by atoms with van der Waals surface area (Å²) in [6.45, 7) is 4.04. The Labute approximate surface area is 117 Å². The quantitative estimate of drug-likeness (QED) is 0.762. The van der Waals surface area contributed by atoms with E-state index in [1.165, 1.54) is 0 Å². The number of hydrogen-bond acceptors (Lipinski definition) is 1. The van der Waals surface area contributed by atoms with Crippen LogP contribution in [-0.2, 0) is 0 Å². The van der Waals surface area contributed by atoms with E-state index >= 15 is 0 Å². The zero-order chi connectivity index (χ0) is 14.3. The first kappa shape index (κ1) is 12.5. The Morgan fingerprint density at radius 3 is 1.95 bits per heavy atom. The van der Waals surface area contributed by atoms with Crippen LogP contribution in [0, 0.1) is 13.8 Å². The van der Waals surface area contributed by atoms with Crippen LogP contribution in [0.25, 0.3) is 16.5 Å². The highest BCUT2D eigenvalue weighted by Crippen LogP contribution is 2.29. The number of para-hydroxylation sites is 1. The highest BCUT2D eigenvalue weighted by atomic mass is 16.4. The third kappa shape index (κ3) is 1.71. The van der Waals surface area contributed by atoms with E-state index in [4.69, 9.17) is 0 Å². The zero-order valence-corrected chi connectivity index (χ0v) is 11.4. The van der Waals surface area contributed by atoms with E-state index in [1.807, 2.05) is 42.7 Å². The highest BCUT2D eigenvalue weighted by Gasteiger charge is 2.16. The molecule has 0 aliphatic carbocycles. The number of rotatable bonds is 2. The second kappa shape index (κ2) is 4.53. The highest BCUT2D eigenvalue weighted by molar-refractivity contribution is 5.94. The number of carbonyl (C=O) groups is 1. The summed E-state index contributed by atoms with van der Waals surface area (Å²) in [6.07, 6.45) is 0. The maximum atomic E-state index is 11.4. The normalized spacial score (nSPS) is 10.9. The minimum Gasteiger partial charge on any atom is -0.478 e. The predicted octanol–water partition coefficient (Wildman–Crippen LogP) is 3.95. The van der Waals surface area contributed by atoms with Crippen molar-refractivity contribution in [2.45, 2.75) is 13.8 Å². The van der Waals surface area contributed by atoms with E-state index in [0.29, 0.717) is 11.3 Å². The van der Waals surface area contributed by atoms with Crippen LogP contribution in [-0.4, -0.2) is 15.6 Å². The molecule has 1 aromatic heterocycles. The van der Waals surface area contributed by atoms with Gasteiger partial charge in [-0.05, 0) is 26.0 Å². The van der Waals surface area contributed by atoms with Gasteiger partial charge in [-0.1, -0.05) is 36.4 Å². The number of nitrogens with zero attached hydrogens (tertiary/aromatic N) is 1. The van der Waals surface area contributed by atoms with Crippen LogP contribution < -0.4 is 0 Å². The van der Waals surface area contributed by atoms with E-state index in [9.17, 15) is 9.90 Å². The van der Waals surface area contributed by atoms with E-state index in [2.05, 4.69) is 12.1 Å². The number of carboxylic acid groups (broad SMARTS) is 1. The van der Waals surface area contributed by atoms with Gasteiger partial charge in [-0.15, -0.1) is 0 Å². The lowest BCUT2D eigenvalue weighted by atomic mass is 10.1. The lowest BCUT2D eigenvalue weighted by molar-refractivity contribution is 0.0697. The average Bonchev–Trinajstić information content (AvgIpc) is 2.71. The van der Waals surface area contributed by atoms with Crippen molar-refractivity contribution in [1.29, 1.82) is 0 Å². The molecule has 0 spiro atoms. The van der Waals surface area contributed by atoms with Gasteiger partial charge < -0.3 is 9.67 Å². The monoisotopic (exact) mass is 265 g/mol. The number of aromatic carboxylic acids is 1. The van der Waals surface area contributed by atoms with Crippen molar-refractivity contribution >= 4 is 16.7 Å². The first-order chi connectivity index (χ1) is 9.61. The molecule has 1 heterocycles. The van der Waals surface area contributed by atoms with E-state index in [1.54, 1.807) is 12.1 Å². The fourth-order valence-corrected chi connectivity index (χ4v) is 2.82. The molecule has 0 bridgehead atoms. The van der Waals surface area contributed by atoms with Crippen LogP contribution in [0.2, 0.25) is 0 Å². The van der Waals surface area contributed by atoms with Gasteiger partial charge in [0, 0.05) is 22.2 Å². The maximum Gasteiger partial charge on any atom is 0.337 e. The van der Waals surface area contributed by atoms with E-state index in [-0.39, 0.29) is 0 Å². The smallest absolute Gasteiger partial charge is 0.337 e. The Kier molecular flexibility index (Phi) is 2.83. The van der Waals surface area contributed by atoms with Crippen molar-refractivity contribution in [3.63, 3.8) is 0 Å². The third-order valence-electron chi connectivity index (χ3n) is 3.75. The Bertz CT molecular complexity index is 776. The Balaban J connectivity index is 2.39. The topological polar surface area (TPSA) is 42.2 Å². The van der Waals surface area contributed by atoms with Gasteiger partial charge in [0.05, 0.1) is 11.3 Å². The summed E-state index contributed by atoms with van der Waals surface area (Å²) in [6, 6.07) is 15.2. The van der Waals surface area contributed by atoms with Crippen LogP contribution in [0.5, 0.6) is 0 Å². The lowest BCUT2D eigenvalue weighted by Gasteiger charge is -2.12. The number of benzene rings is 2. The first-order valence-corrected chi connectivity index (χ1v) is 6.50. The van der Waals surface area contributed by atoms with Gasteiger partial charge in [-0.25, -0.2) is 4.79 Å². The summed E-state index contributed by atoms with van der Waals surface area (Å²) in [5.74, 6) is -0.905. The molecular weight excluding hydrogens is 250 g/mol. The molecule has 0 radical (unpaired) electrons. The van der Waals surface area contributed by atoms with Gasteiger partial charge in [0.15, 0.2) is 0 Å². The summed E-state index contributed by atoms with van der Waals surface area (Å²) in [4.78, 5) is 11.4. The van der Waals surface area contributed by atoms with Crippen LogP contribution in [0.1, 0.15) is 21.7 Å². The standard InChI is InChI=1S/C17H15NO2/c1-11-13-7-3-4-8-14(13)12(2)18(11)16-10-6-5-9-15(16)17(19)20/h3-10H,1-2H3,(H,19,20). The van der Waals surface area contributed by atoms with Crippen molar-refractivity contribution in [1.82, 2.24) is 4.57 Å². The summed E-state index contributed by atoms with van der Waals surface area (Å²) in [7, 11) is 0. The summed E-state index contributed by atoms with van der Waals surface area (Å²) >= 11 is 0. The van der Waals surface area contributed by atoms with Gasteiger partial charge >= 0.3 is 5.97 Å². The van der Waals surface area contributed by atoms with Crippen molar-refractivity contribution in [3.8, 4) is 5.69 Å². The predicted molar refractivity (Wildman–Crippen MR) is 79.7 cm³/mol. The van der Waals surface area contributed by atoms with Gasteiger partial charge in [0.2, 0.25) is 0 Å². The van der Waals surface area contributed by atoms with Crippen molar-refractivity contribution < 1.29 is 9.90 Å². The number of fused-ring (bicyclic) bond motifs is 1. The molecule has 100 valence electrons. The number of aromatic nitrogens is 1. The fraction of sp³-hybridized carbons (Fsp3) is 0.118. The molecule has 3 heteroatoms. The molecule has 0 amide bonds. The zero-order valence-electron chi connectivity index (χ0n) is 11.4. The van der Waals surface area contributed by atoms with Gasteiger partial charge in [0.1, 0.15) is 0 Å². The second-order valence-electron chi connectivity index (χ2n) is 4.87.